The molecule has 0 aromatic heterocycles. The molecule has 2 N–H and O–H groups in total. The Labute approximate surface area is 118 Å². The molecule has 20 heavy (non-hydrogen) atoms. The van der Waals surface area contributed by atoms with Gasteiger partial charge in [0, 0.05) is 24.7 Å². The molecule has 0 aliphatic carbocycles. The van der Waals surface area contributed by atoms with Crippen LogP contribution in [0.1, 0.15) is 28.4 Å². The molecule has 1 aromatic carbocycles. The summed E-state index contributed by atoms with van der Waals surface area (Å²) >= 11 is 0. The van der Waals surface area contributed by atoms with E-state index in [1.807, 2.05) is 13.8 Å². The van der Waals surface area contributed by atoms with Crippen LogP contribution in [0.15, 0.2) is 24.3 Å². The number of carbonyl (C=O) groups excluding carboxylic acids is 1. The molecule has 5 nitrogen and oxygen atoms in total. The molecule has 108 valence electrons. The average molecular weight is 277 g/mol. The zero-order chi connectivity index (χ0) is 15.1. The third-order valence-electron chi connectivity index (χ3n) is 2.80. The molecule has 1 rings (SSSR count). The summed E-state index contributed by atoms with van der Waals surface area (Å²) in [5.74, 6) is -1.20. The van der Waals surface area contributed by atoms with E-state index < -0.39 is 5.97 Å². The largest absolute Gasteiger partial charge is 0.478 e. The van der Waals surface area contributed by atoms with Gasteiger partial charge in [-0.3, -0.25) is 4.79 Å². The second kappa shape index (κ2) is 7.45. The molecule has 5 heteroatoms. The van der Waals surface area contributed by atoms with Crippen molar-refractivity contribution in [2.45, 2.75) is 13.8 Å². The number of aliphatic hydroxyl groups excluding tert-OH is 1. The third-order valence-corrected chi connectivity index (χ3v) is 2.80. The number of hydrogen-bond acceptors (Lipinski definition) is 3. The second-order valence-corrected chi connectivity index (χ2v) is 4.41. The van der Waals surface area contributed by atoms with Gasteiger partial charge in [-0.2, -0.15) is 0 Å². The van der Waals surface area contributed by atoms with Crippen molar-refractivity contribution in [3.05, 3.63) is 41.0 Å². The molecule has 0 spiro atoms. The maximum Gasteiger partial charge on any atom is 0.328 e. The van der Waals surface area contributed by atoms with Crippen LogP contribution in [-0.4, -0.2) is 46.7 Å². The summed E-state index contributed by atoms with van der Waals surface area (Å²) in [6.07, 6.45) is 2.49. The van der Waals surface area contributed by atoms with E-state index in [1.165, 1.54) is 6.08 Å². The van der Waals surface area contributed by atoms with E-state index in [0.717, 1.165) is 11.6 Å². The maximum absolute atomic E-state index is 12.3. The number of nitrogens with zero attached hydrogens (tertiary/aromatic N) is 1. The van der Waals surface area contributed by atoms with E-state index in [9.17, 15) is 9.59 Å². The number of likely N-dealkylation sites (N-methyl/N-ethyl adjacent to an activating group) is 1. The molecule has 1 aromatic rings. The van der Waals surface area contributed by atoms with Crippen LogP contribution in [0, 0.1) is 6.92 Å². The molecule has 0 heterocycles. The number of hydrogen-bond donors (Lipinski definition) is 2. The number of amides is 1. The summed E-state index contributed by atoms with van der Waals surface area (Å²) < 4.78 is 0. The Hall–Kier alpha value is -2.14. The average Bonchev–Trinajstić information content (AvgIpc) is 2.41. The molecule has 1 amide bonds. The Morgan fingerprint density at radius 3 is 2.55 bits per heavy atom. The van der Waals surface area contributed by atoms with Gasteiger partial charge in [0.2, 0.25) is 0 Å². The summed E-state index contributed by atoms with van der Waals surface area (Å²) in [5.41, 5.74) is 2.03. The Kier molecular flexibility index (Phi) is 5.93. The number of aliphatic hydroxyl groups is 1. The Bertz CT molecular complexity index is 523. The van der Waals surface area contributed by atoms with Gasteiger partial charge in [0.05, 0.1) is 6.61 Å². The summed E-state index contributed by atoms with van der Waals surface area (Å²) in [6.45, 7) is 4.39. The van der Waals surface area contributed by atoms with Crippen molar-refractivity contribution in [1.29, 1.82) is 0 Å². The van der Waals surface area contributed by atoms with Gasteiger partial charge < -0.3 is 15.1 Å². The number of carbonyl (C=O) groups is 2. The van der Waals surface area contributed by atoms with Crippen LogP contribution >= 0.6 is 0 Å². The van der Waals surface area contributed by atoms with Crippen molar-refractivity contribution in [2.24, 2.45) is 0 Å². The zero-order valence-corrected chi connectivity index (χ0v) is 11.7. The van der Waals surface area contributed by atoms with Crippen molar-refractivity contribution in [2.75, 3.05) is 19.7 Å². The van der Waals surface area contributed by atoms with Gasteiger partial charge in [-0.15, -0.1) is 0 Å². The number of rotatable bonds is 6. The highest BCUT2D eigenvalue weighted by Gasteiger charge is 2.14. The molecule has 0 radical (unpaired) electrons. The minimum Gasteiger partial charge on any atom is -0.478 e. The number of carboxylic acid groups (broad SMARTS) is 1. The second-order valence-electron chi connectivity index (χ2n) is 4.41. The lowest BCUT2D eigenvalue weighted by atomic mass is 10.0. The lowest BCUT2D eigenvalue weighted by Crippen LogP contribution is -2.33. The topological polar surface area (TPSA) is 77.8 Å². The van der Waals surface area contributed by atoms with Gasteiger partial charge in [-0.05, 0) is 43.2 Å². The third kappa shape index (κ3) is 4.51. The highest BCUT2D eigenvalue weighted by molar-refractivity contribution is 5.95. The molecule has 0 aliphatic rings. The van der Waals surface area contributed by atoms with Gasteiger partial charge in [0.15, 0.2) is 0 Å². The smallest absolute Gasteiger partial charge is 0.328 e. The molecule has 0 unspecified atom stereocenters. The fourth-order valence-corrected chi connectivity index (χ4v) is 1.91. The lowest BCUT2D eigenvalue weighted by molar-refractivity contribution is -0.131. The van der Waals surface area contributed by atoms with Crippen molar-refractivity contribution >= 4 is 18.0 Å². The van der Waals surface area contributed by atoms with Crippen LogP contribution in [0.3, 0.4) is 0 Å². The van der Waals surface area contributed by atoms with Gasteiger partial charge >= 0.3 is 5.97 Å². The first-order valence-corrected chi connectivity index (χ1v) is 6.40. The monoisotopic (exact) mass is 277 g/mol. The number of benzene rings is 1. The van der Waals surface area contributed by atoms with E-state index in [0.29, 0.717) is 17.7 Å². The minimum absolute atomic E-state index is 0.0861. The standard InChI is InChI=1S/C15H19NO4/c1-3-16(6-7-17)15(20)13-9-11(2)8-12(10-13)4-5-14(18)19/h4-5,8-10,17H,3,6-7H2,1-2H3,(H,18,19)/b5-4+. The zero-order valence-electron chi connectivity index (χ0n) is 11.7. The Morgan fingerprint density at radius 2 is 2.00 bits per heavy atom. The minimum atomic E-state index is -1.03. The van der Waals surface area contributed by atoms with E-state index in [2.05, 4.69) is 0 Å². The molecule has 0 saturated heterocycles. The van der Waals surface area contributed by atoms with Crippen molar-refractivity contribution in [3.8, 4) is 0 Å². The van der Waals surface area contributed by atoms with E-state index >= 15 is 0 Å². The van der Waals surface area contributed by atoms with Gasteiger partial charge in [-0.25, -0.2) is 4.79 Å². The predicted molar refractivity (Wildman–Crippen MR) is 76.5 cm³/mol. The summed E-state index contributed by atoms with van der Waals surface area (Å²) in [6, 6.07) is 5.20. The van der Waals surface area contributed by atoms with Crippen LogP contribution in [0.5, 0.6) is 0 Å². The quantitative estimate of drug-likeness (QED) is 0.773. The predicted octanol–water partition coefficient (Wildman–Crippen LogP) is 1.55. The van der Waals surface area contributed by atoms with Gasteiger partial charge in [-0.1, -0.05) is 6.07 Å². The fraction of sp³-hybridized carbons (Fsp3) is 0.333. The Balaban J connectivity index is 3.06. The van der Waals surface area contributed by atoms with Crippen LogP contribution in [0.2, 0.25) is 0 Å². The lowest BCUT2D eigenvalue weighted by Gasteiger charge is -2.20. The first kappa shape index (κ1) is 15.9. The Morgan fingerprint density at radius 1 is 1.30 bits per heavy atom. The van der Waals surface area contributed by atoms with E-state index in [4.69, 9.17) is 10.2 Å². The van der Waals surface area contributed by atoms with Gasteiger partial charge in [0.1, 0.15) is 0 Å². The van der Waals surface area contributed by atoms with Crippen LogP contribution in [0.25, 0.3) is 6.08 Å². The summed E-state index contributed by atoms with van der Waals surface area (Å²) in [4.78, 5) is 24.4. The highest BCUT2D eigenvalue weighted by Crippen LogP contribution is 2.13. The normalized spacial score (nSPS) is 10.8. The highest BCUT2D eigenvalue weighted by atomic mass is 16.4. The molecule has 0 bridgehead atoms. The first-order chi connectivity index (χ1) is 9.47. The molecule has 0 fully saturated rings. The summed E-state index contributed by atoms with van der Waals surface area (Å²) in [5, 5.41) is 17.6. The SMILES string of the molecule is CCN(CCO)C(=O)c1cc(C)cc(/C=C/C(=O)O)c1. The van der Waals surface area contributed by atoms with E-state index in [1.54, 1.807) is 23.1 Å². The molecule has 0 saturated carbocycles. The summed E-state index contributed by atoms with van der Waals surface area (Å²) in [7, 11) is 0. The maximum atomic E-state index is 12.3. The fourth-order valence-electron chi connectivity index (χ4n) is 1.91. The number of aliphatic carboxylic acids is 1. The van der Waals surface area contributed by atoms with Crippen LogP contribution in [-0.2, 0) is 4.79 Å². The van der Waals surface area contributed by atoms with Crippen LogP contribution in [0.4, 0.5) is 0 Å². The first-order valence-electron chi connectivity index (χ1n) is 6.40. The van der Waals surface area contributed by atoms with Gasteiger partial charge in [0.25, 0.3) is 5.91 Å². The van der Waals surface area contributed by atoms with Crippen molar-refractivity contribution in [1.82, 2.24) is 4.90 Å². The van der Waals surface area contributed by atoms with E-state index in [-0.39, 0.29) is 19.1 Å². The van der Waals surface area contributed by atoms with Crippen molar-refractivity contribution < 1.29 is 19.8 Å². The molecular weight excluding hydrogens is 258 g/mol. The number of carboxylic acids is 1. The number of aryl methyl sites for hydroxylation is 1. The van der Waals surface area contributed by atoms with Crippen molar-refractivity contribution in [3.63, 3.8) is 0 Å². The molecule has 0 aliphatic heterocycles. The molecule has 0 atom stereocenters. The molecular formula is C15H19NO4. The van der Waals surface area contributed by atoms with Crippen LogP contribution < -0.4 is 0 Å².